The van der Waals surface area contributed by atoms with E-state index in [1.54, 1.807) is 23.0 Å². The van der Waals surface area contributed by atoms with Gasteiger partial charge in [-0.25, -0.2) is 9.07 Å². The van der Waals surface area contributed by atoms with Crippen LogP contribution in [0.15, 0.2) is 60.0 Å². The Balaban J connectivity index is 1.44. The minimum atomic E-state index is -0.250. The van der Waals surface area contributed by atoms with Crippen molar-refractivity contribution in [2.24, 2.45) is 4.99 Å². The standard InChI is InChI=1S/C20H26FN7/c1-2-22-20(23-11-3-14-27-15-4-12-25-27)24-13-9-18-10-16-28(26-18)19-7-5-17(21)6-8-19/h4-8,10,12,15-16H,2-3,9,11,13-14H2,1H3,(H2,22,23,24). The van der Waals surface area contributed by atoms with E-state index < -0.39 is 0 Å². The zero-order chi connectivity index (χ0) is 19.6. The Morgan fingerprint density at radius 1 is 1.14 bits per heavy atom. The van der Waals surface area contributed by atoms with Crippen molar-refractivity contribution in [2.45, 2.75) is 26.3 Å². The third kappa shape index (κ3) is 5.94. The van der Waals surface area contributed by atoms with Crippen LogP contribution in [0.5, 0.6) is 0 Å². The van der Waals surface area contributed by atoms with E-state index in [2.05, 4.69) is 25.8 Å². The van der Waals surface area contributed by atoms with Crippen molar-refractivity contribution in [1.29, 1.82) is 0 Å². The first kappa shape index (κ1) is 19.6. The fourth-order valence-electron chi connectivity index (χ4n) is 2.74. The summed E-state index contributed by atoms with van der Waals surface area (Å²) in [5, 5.41) is 15.3. The van der Waals surface area contributed by atoms with E-state index in [1.165, 1.54) is 12.1 Å². The number of nitrogens with zero attached hydrogens (tertiary/aromatic N) is 5. The first-order valence-corrected chi connectivity index (χ1v) is 9.54. The molecule has 2 aromatic heterocycles. The number of rotatable bonds is 9. The summed E-state index contributed by atoms with van der Waals surface area (Å²) in [6.45, 7) is 5.17. The maximum Gasteiger partial charge on any atom is 0.191 e. The van der Waals surface area contributed by atoms with Crippen molar-refractivity contribution >= 4 is 5.96 Å². The Bertz CT molecular complexity index is 853. The molecular weight excluding hydrogens is 357 g/mol. The highest BCUT2D eigenvalue weighted by molar-refractivity contribution is 5.79. The van der Waals surface area contributed by atoms with Crippen LogP contribution in [0.1, 0.15) is 19.0 Å². The number of hydrogen-bond acceptors (Lipinski definition) is 3. The highest BCUT2D eigenvalue weighted by atomic mass is 19.1. The Morgan fingerprint density at radius 3 is 2.75 bits per heavy atom. The van der Waals surface area contributed by atoms with Gasteiger partial charge in [0.15, 0.2) is 5.96 Å². The molecule has 0 unspecified atom stereocenters. The van der Waals surface area contributed by atoms with E-state index in [0.717, 1.165) is 56.4 Å². The number of benzene rings is 1. The van der Waals surface area contributed by atoms with Crippen LogP contribution >= 0.6 is 0 Å². The van der Waals surface area contributed by atoms with Gasteiger partial charge in [0, 0.05) is 51.2 Å². The van der Waals surface area contributed by atoms with Crippen molar-refractivity contribution in [1.82, 2.24) is 30.2 Å². The molecule has 0 saturated carbocycles. The van der Waals surface area contributed by atoms with Crippen LogP contribution in [0.2, 0.25) is 0 Å². The average Bonchev–Trinajstić information content (AvgIpc) is 3.38. The lowest BCUT2D eigenvalue weighted by molar-refractivity contribution is 0.584. The van der Waals surface area contributed by atoms with Gasteiger partial charge in [0.05, 0.1) is 11.4 Å². The third-order valence-corrected chi connectivity index (χ3v) is 4.13. The lowest BCUT2D eigenvalue weighted by Gasteiger charge is -2.10. The zero-order valence-corrected chi connectivity index (χ0v) is 16.1. The molecule has 2 heterocycles. The predicted octanol–water partition coefficient (Wildman–Crippen LogP) is 2.40. The molecule has 0 saturated heterocycles. The molecule has 0 aliphatic rings. The van der Waals surface area contributed by atoms with Gasteiger partial charge < -0.3 is 10.6 Å². The molecule has 0 aliphatic heterocycles. The van der Waals surface area contributed by atoms with E-state index in [-0.39, 0.29) is 5.82 Å². The average molecular weight is 383 g/mol. The van der Waals surface area contributed by atoms with E-state index >= 15 is 0 Å². The molecule has 8 heteroatoms. The Labute approximate surface area is 164 Å². The smallest absolute Gasteiger partial charge is 0.191 e. The number of halogens is 1. The quantitative estimate of drug-likeness (QED) is 0.338. The lowest BCUT2D eigenvalue weighted by Crippen LogP contribution is -2.38. The first-order chi connectivity index (χ1) is 13.7. The molecule has 3 rings (SSSR count). The molecule has 2 N–H and O–H groups in total. The van der Waals surface area contributed by atoms with Crippen LogP contribution < -0.4 is 10.6 Å². The fourth-order valence-corrected chi connectivity index (χ4v) is 2.74. The minimum Gasteiger partial charge on any atom is -0.357 e. The summed E-state index contributed by atoms with van der Waals surface area (Å²) in [7, 11) is 0. The van der Waals surface area contributed by atoms with Crippen LogP contribution in [-0.4, -0.2) is 45.2 Å². The molecule has 1 aromatic carbocycles. The molecule has 0 atom stereocenters. The summed E-state index contributed by atoms with van der Waals surface area (Å²) in [6.07, 6.45) is 7.33. The summed E-state index contributed by atoms with van der Waals surface area (Å²) < 4.78 is 16.7. The zero-order valence-electron chi connectivity index (χ0n) is 16.1. The second kappa shape index (κ2) is 10.2. The summed E-state index contributed by atoms with van der Waals surface area (Å²) in [6, 6.07) is 10.2. The van der Waals surface area contributed by atoms with Gasteiger partial charge >= 0.3 is 0 Å². The summed E-state index contributed by atoms with van der Waals surface area (Å²) in [4.78, 5) is 4.60. The fraction of sp³-hybridized carbons (Fsp3) is 0.350. The predicted molar refractivity (Wildman–Crippen MR) is 108 cm³/mol. The van der Waals surface area contributed by atoms with Gasteiger partial charge in [0.25, 0.3) is 0 Å². The van der Waals surface area contributed by atoms with Gasteiger partial charge in [-0.1, -0.05) is 0 Å². The van der Waals surface area contributed by atoms with Crippen molar-refractivity contribution in [3.05, 3.63) is 66.5 Å². The SMILES string of the molecule is CCNC(=NCCCn1cccn1)NCCc1ccn(-c2ccc(F)cc2)n1. The number of guanidine groups is 1. The summed E-state index contributed by atoms with van der Waals surface area (Å²) in [5.41, 5.74) is 1.80. The van der Waals surface area contributed by atoms with Gasteiger partial charge in [-0.15, -0.1) is 0 Å². The monoisotopic (exact) mass is 383 g/mol. The molecule has 0 radical (unpaired) electrons. The normalized spacial score (nSPS) is 11.6. The molecule has 3 aromatic rings. The highest BCUT2D eigenvalue weighted by Crippen LogP contribution is 2.09. The maximum absolute atomic E-state index is 13.0. The topological polar surface area (TPSA) is 72.1 Å². The van der Waals surface area contributed by atoms with Crippen LogP contribution in [0, 0.1) is 5.82 Å². The molecule has 0 fully saturated rings. The van der Waals surface area contributed by atoms with Gasteiger partial charge in [0.1, 0.15) is 5.82 Å². The Morgan fingerprint density at radius 2 is 2.00 bits per heavy atom. The maximum atomic E-state index is 13.0. The van der Waals surface area contributed by atoms with Crippen molar-refractivity contribution in [3.63, 3.8) is 0 Å². The Hall–Kier alpha value is -3.16. The molecule has 0 aliphatic carbocycles. The number of nitrogens with one attached hydrogen (secondary N) is 2. The van der Waals surface area contributed by atoms with E-state index in [1.807, 2.05) is 36.1 Å². The van der Waals surface area contributed by atoms with Gasteiger partial charge in [0.2, 0.25) is 0 Å². The molecule has 7 nitrogen and oxygen atoms in total. The third-order valence-electron chi connectivity index (χ3n) is 4.13. The lowest BCUT2D eigenvalue weighted by atomic mass is 10.3. The number of aliphatic imine (C=N–C) groups is 1. The second-order valence-electron chi connectivity index (χ2n) is 6.29. The van der Waals surface area contributed by atoms with Crippen LogP contribution in [0.25, 0.3) is 5.69 Å². The van der Waals surface area contributed by atoms with Crippen LogP contribution in [-0.2, 0) is 13.0 Å². The number of aromatic nitrogens is 4. The van der Waals surface area contributed by atoms with Crippen LogP contribution in [0.4, 0.5) is 4.39 Å². The van der Waals surface area contributed by atoms with Crippen molar-refractivity contribution in [3.8, 4) is 5.69 Å². The van der Waals surface area contributed by atoms with Gasteiger partial charge in [-0.2, -0.15) is 10.2 Å². The van der Waals surface area contributed by atoms with Gasteiger partial charge in [-0.05, 0) is 49.7 Å². The van der Waals surface area contributed by atoms with E-state index in [0.29, 0.717) is 0 Å². The minimum absolute atomic E-state index is 0.250. The van der Waals surface area contributed by atoms with Crippen molar-refractivity contribution < 1.29 is 4.39 Å². The van der Waals surface area contributed by atoms with E-state index in [4.69, 9.17) is 0 Å². The van der Waals surface area contributed by atoms with Crippen molar-refractivity contribution in [2.75, 3.05) is 19.6 Å². The molecular formula is C20H26FN7. The highest BCUT2D eigenvalue weighted by Gasteiger charge is 2.03. The number of hydrogen-bond donors (Lipinski definition) is 2. The molecule has 0 spiro atoms. The molecule has 0 amide bonds. The Kier molecular flexibility index (Phi) is 7.17. The largest absolute Gasteiger partial charge is 0.357 e. The van der Waals surface area contributed by atoms with Gasteiger partial charge in [-0.3, -0.25) is 9.67 Å². The van der Waals surface area contributed by atoms with E-state index in [9.17, 15) is 4.39 Å². The second-order valence-corrected chi connectivity index (χ2v) is 6.29. The first-order valence-electron chi connectivity index (χ1n) is 9.54. The summed E-state index contributed by atoms with van der Waals surface area (Å²) >= 11 is 0. The summed E-state index contributed by atoms with van der Waals surface area (Å²) in [5.74, 6) is 0.557. The number of aryl methyl sites for hydroxylation is 1. The molecule has 28 heavy (non-hydrogen) atoms. The molecule has 0 bridgehead atoms. The molecule has 148 valence electrons. The van der Waals surface area contributed by atoms with Crippen LogP contribution in [0.3, 0.4) is 0 Å².